The van der Waals surface area contributed by atoms with Crippen LogP contribution < -0.4 is 5.48 Å². The summed E-state index contributed by atoms with van der Waals surface area (Å²) < 4.78 is 59.6. The second kappa shape index (κ2) is 10.1. The van der Waals surface area contributed by atoms with E-state index in [0.29, 0.717) is 28.0 Å². The molecule has 0 amide bonds. The lowest BCUT2D eigenvalue weighted by Gasteiger charge is -2.30. The number of aromatic nitrogens is 4. The lowest BCUT2D eigenvalue weighted by molar-refractivity contribution is 0.265. The van der Waals surface area contributed by atoms with E-state index in [4.69, 9.17) is 4.28 Å². The number of nitrogens with one attached hydrogen (secondary N) is 2. The molecule has 3 aromatic carbocycles. The average Bonchev–Trinajstić information content (AvgIpc) is 3.48. The summed E-state index contributed by atoms with van der Waals surface area (Å²) in [6.45, 7) is 8.18. The maximum Gasteiger partial charge on any atom is 0.285 e. The molecule has 0 aliphatic carbocycles. The van der Waals surface area contributed by atoms with Crippen LogP contribution in [-0.4, -0.2) is 34.2 Å². The van der Waals surface area contributed by atoms with Crippen LogP contribution in [0.15, 0.2) is 66.7 Å². The summed E-state index contributed by atoms with van der Waals surface area (Å²) in [7, 11) is -3.80. The summed E-state index contributed by atoms with van der Waals surface area (Å²) in [5, 5.41) is 0. The number of rotatable bonds is 7. The third-order valence-electron chi connectivity index (χ3n) is 6.85. The van der Waals surface area contributed by atoms with Gasteiger partial charge in [-0.15, -0.1) is 4.28 Å². The van der Waals surface area contributed by atoms with Gasteiger partial charge in [-0.2, -0.15) is 8.42 Å². The number of H-pyrrole nitrogens is 1. The Morgan fingerprint density at radius 2 is 1.62 bits per heavy atom. The molecule has 1 atom stereocenters. The second-order valence-electron chi connectivity index (χ2n) is 10.7. The molecule has 0 fully saturated rings. The Morgan fingerprint density at radius 1 is 0.950 bits per heavy atom. The number of benzene rings is 3. The highest BCUT2D eigenvalue weighted by atomic mass is 32.2. The molecule has 2 heterocycles. The van der Waals surface area contributed by atoms with E-state index in [0.717, 1.165) is 11.8 Å². The van der Waals surface area contributed by atoms with Gasteiger partial charge in [0.25, 0.3) is 10.1 Å². The molecular weight excluding hydrogens is 536 g/mol. The number of hydrogen-bond acceptors (Lipinski definition) is 6. The van der Waals surface area contributed by atoms with Crippen LogP contribution in [0.5, 0.6) is 0 Å². The van der Waals surface area contributed by atoms with Gasteiger partial charge < -0.3 is 9.55 Å². The van der Waals surface area contributed by atoms with E-state index < -0.39 is 21.8 Å². The molecule has 0 saturated heterocycles. The normalized spacial score (nSPS) is 13.1. The van der Waals surface area contributed by atoms with E-state index >= 15 is 0 Å². The molecule has 0 saturated carbocycles. The van der Waals surface area contributed by atoms with E-state index in [9.17, 15) is 17.2 Å². The number of fused-ring (bicyclic) bond motifs is 1. The molecule has 208 valence electrons. The van der Waals surface area contributed by atoms with Crippen LogP contribution >= 0.6 is 0 Å². The number of anilines is 1. The first-order valence-electron chi connectivity index (χ1n) is 12.6. The Bertz CT molecular complexity index is 1790. The fraction of sp³-hybridized carbons (Fsp3) is 0.241. The molecule has 0 spiro atoms. The summed E-state index contributed by atoms with van der Waals surface area (Å²) in [6.07, 6.45) is 0.941. The topological polar surface area (TPSA) is 102 Å². The zero-order chi connectivity index (χ0) is 28.8. The van der Waals surface area contributed by atoms with E-state index in [2.05, 4.69) is 41.2 Å². The van der Waals surface area contributed by atoms with Crippen molar-refractivity contribution in [1.29, 1.82) is 0 Å². The third-order valence-corrected chi connectivity index (χ3v) is 7.24. The molecule has 2 N–H and O–H groups in total. The van der Waals surface area contributed by atoms with E-state index in [-0.39, 0.29) is 28.8 Å². The van der Waals surface area contributed by atoms with Crippen LogP contribution in [0.3, 0.4) is 0 Å². The van der Waals surface area contributed by atoms with E-state index in [1.165, 1.54) is 18.2 Å². The van der Waals surface area contributed by atoms with Gasteiger partial charge >= 0.3 is 0 Å². The maximum atomic E-state index is 14.7. The first-order chi connectivity index (χ1) is 18.8. The molecule has 0 aliphatic heterocycles. The van der Waals surface area contributed by atoms with Gasteiger partial charge in [-0.05, 0) is 36.6 Å². The van der Waals surface area contributed by atoms with Gasteiger partial charge in [0.2, 0.25) is 5.95 Å². The summed E-state index contributed by atoms with van der Waals surface area (Å²) >= 11 is 0. The predicted molar refractivity (Wildman–Crippen MR) is 152 cm³/mol. The molecular formula is C29H29F2N5O3S. The highest BCUT2D eigenvalue weighted by molar-refractivity contribution is 7.86. The first kappa shape index (κ1) is 27.5. The standard InChI is InChI=1S/C29H29F2N5O3S/c1-17(29(2,3)4)36-23-16-19(14-15-22(23)32-28(36)35-39-40(5,37)38)26-25(18-10-7-6-8-11-18)33-27(34-26)24-20(30)12-9-13-21(24)31/h6-17H,1-5H3,(H,32,35)(H,33,34)/t17-/m0/s1. The number of halogens is 2. The van der Waals surface area contributed by atoms with Crippen LogP contribution in [0.2, 0.25) is 0 Å². The van der Waals surface area contributed by atoms with Crippen molar-refractivity contribution >= 4 is 27.1 Å². The molecule has 0 bridgehead atoms. The van der Waals surface area contributed by atoms with Crippen molar-refractivity contribution in [2.45, 2.75) is 33.7 Å². The molecule has 5 aromatic rings. The maximum absolute atomic E-state index is 14.7. The SMILES string of the molecule is C[C@H](n1c(NOS(C)(=O)=O)nc2ccc(-c3nc(-c4c(F)cccc4F)[nH]c3-c3ccccc3)cc21)C(C)(C)C. The molecule has 40 heavy (non-hydrogen) atoms. The number of nitrogens with zero attached hydrogens (tertiary/aromatic N) is 3. The molecule has 0 radical (unpaired) electrons. The predicted octanol–water partition coefficient (Wildman–Crippen LogP) is 6.95. The fourth-order valence-electron chi connectivity index (χ4n) is 4.44. The summed E-state index contributed by atoms with van der Waals surface area (Å²) in [4.78, 5) is 12.4. The minimum atomic E-state index is -3.80. The first-order valence-corrected chi connectivity index (χ1v) is 14.4. The minimum Gasteiger partial charge on any atom is -0.337 e. The lowest BCUT2D eigenvalue weighted by atomic mass is 9.87. The molecule has 11 heteroatoms. The zero-order valence-electron chi connectivity index (χ0n) is 22.7. The van der Waals surface area contributed by atoms with Crippen molar-refractivity contribution in [2.75, 3.05) is 11.7 Å². The number of imidazole rings is 2. The van der Waals surface area contributed by atoms with E-state index in [1.54, 1.807) is 6.07 Å². The van der Waals surface area contributed by atoms with Gasteiger partial charge in [0.1, 0.15) is 17.5 Å². The van der Waals surface area contributed by atoms with Crippen LogP contribution in [-0.2, 0) is 14.4 Å². The zero-order valence-corrected chi connectivity index (χ0v) is 23.5. The van der Waals surface area contributed by atoms with Crippen LogP contribution in [0, 0.1) is 17.0 Å². The fourth-order valence-corrected chi connectivity index (χ4v) is 4.67. The van der Waals surface area contributed by atoms with Gasteiger partial charge in [-0.25, -0.2) is 24.2 Å². The van der Waals surface area contributed by atoms with Crippen molar-refractivity contribution in [2.24, 2.45) is 5.41 Å². The molecule has 5 rings (SSSR count). The highest BCUT2D eigenvalue weighted by Gasteiger charge is 2.28. The number of aromatic amines is 1. The average molecular weight is 566 g/mol. The second-order valence-corrected chi connectivity index (χ2v) is 12.3. The highest BCUT2D eigenvalue weighted by Crippen LogP contribution is 2.39. The smallest absolute Gasteiger partial charge is 0.285 e. The monoisotopic (exact) mass is 565 g/mol. The van der Waals surface area contributed by atoms with Crippen molar-refractivity contribution in [3.8, 4) is 33.9 Å². The summed E-state index contributed by atoms with van der Waals surface area (Å²) in [5.74, 6) is -1.17. The molecule has 0 aliphatic rings. The van der Waals surface area contributed by atoms with Crippen molar-refractivity contribution < 1.29 is 21.5 Å². The lowest BCUT2D eigenvalue weighted by Crippen LogP contribution is -2.23. The van der Waals surface area contributed by atoms with Crippen molar-refractivity contribution in [3.05, 3.63) is 78.4 Å². The largest absolute Gasteiger partial charge is 0.337 e. The Kier molecular flexibility index (Phi) is 6.97. The van der Waals surface area contributed by atoms with E-state index in [1.807, 2.05) is 54.0 Å². The van der Waals surface area contributed by atoms with Gasteiger partial charge in [-0.1, -0.05) is 63.2 Å². The quantitative estimate of drug-likeness (QED) is 0.207. The Morgan fingerprint density at radius 3 is 2.25 bits per heavy atom. The third kappa shape index (κ3) is 5.34. The van der Waals surface area contributed by atoms with Gasteiger partial charge in [-0.3, -0.25) is 0 Å². The van der Waals surface area contributed by atoms with Crippen molar-refractivity contribution in [3.63, 3.8) is 0 Å². The molecule has 2 aromatic heterocycles. The molecule has 8 nitrogen and oxygen atoms in total. The van der Waals surface area contributed by atoms with Gasteiger partial charge in [0.15, 0.2) is 0 Å². The van der Waals surface area contributed by atoms with Gasteiger partial charge in [0.05, 0.1) is 34.2 Å². The number of hydrogen-bond donors (Lipinski definition) is 2. The Labute approximate surface area is 231 Å². The van der Waals surface area contributed by atoms with Crippen molar-refractivity contribution in [1.82, 2.24) is 19.5 Å². The van der Waals surface area contributed by atoms with Crippen LogP contribution in [0.25, 0.3) is 44.9 Å². The summed E-state index contributed by atoms with van der Waals surface area (Å²) in [6, 6.07) is 18.4. The van der Waals surface area contributed by atoms with Crippen LogP contribution in [0.4, 0.5) is 14.7 Å². The Hall–Kier alpha value is -4.09. The molecule has 0 unspecified atom stereocenters. The van der Waals surface area contributed by atoms with Crippen LogP contribution in [0.1, 0.15) is 33.7 Å². The Balaban J connectivity index is 1.73. The minimum absolute atomic E-state index is 0.0602. The summed E-state index contributed by atoms with van der Waals surface area (Å²) in [5.41, 5.74) is 5.83. The van der Waals surface area contributed by atoms with Gasteiger partial charge in [0, 0.05) is 17.2 Å².